The number of rotatable bonds is 2. The van der Waals surface area contributed by atoms with E-state index < -0.39 is 40.6 Å². The number of hydrogen-bond acceptors (Lipinski definition) is 8. The van der Waals surface area contributed by atoms with Crippen LogP contribution in [0.3, 0.4) is 0 Å². The number of fused-ring (bicyclic) bond motifs is 2. The lowest BCUT2D eigenvalue weighted by atomic mass is 10.2. The molecule has 2 rings (SSSR count). The van der Waals surface area contributed by atoms with E-state index in [0.717, 1.165) is 6.92 Å². The van der Waals surface area contributed by atoms with Crippen molar-refractivity contribution in [1.82, 2.24) is 10.5 Å². The summed E-state index contributed by atoms with van der Waals surface area (Å²) >= 11 is 5.70. The number of amides is 2. The van der Waals surface area contributed by atoms with E-state index in [1.165, 1.54) is 24.3 Å². The fourth-order valence-electron chi connectivity index (χ4n) is 1.93. The van der Waals surface area contributed by atoms with E-state index in [0.29, 0.717) is 5.56 Å². The lowest BCUT2D eigenvalue weighted by Crippen LogP contribution is -2.43. The molecule has 0 aliphatic carbocycles. The van der Waals surface area contributed by atoms with E-state index in [2.05, 4.69) is 14.4 Å². The van der Waals surface area contributed by atoms with Gasteiger partial charge in [0.05, 0.1) is 17.4 Å². The Morgan fingerprint density at radius 3 is 2.81 bits per heavy atom. The maximum Gasteiger partial charge on any atom is 0.407 e. The lowest BCUT2D eigenvalue weighted by molar-refractivity contribution is -0.277. The van der Waals surface area contributed by atoms with Crippen molar-refractivity contribution in [1.29, 1.82) is 0 Å². The fraction of sp³-hybridized carbons (Fsp3) is 0.357. The molecule has 1 aromatic carbocycles. The van der Waals surface area contributed by atoms with Gasteiger partial charge in [0.15, 0.2) is 0 Å². The highest BCUT2D eigenvalue weighted by molar-refractivity contribution is 7.86. The zero-order valence-corrected chi connectivity index (χ0v) is 15.1. The standard InChI is InChI=1S/C14H15ClN2O8S/c1-9(18)24-17-13(19)6-11(7-15)16-14(20)23-8-10-3-2-4-12(5-10)26(21,22)25-17/h2-5,11H,6-8H2,1H3,(H,16,20)/t11-/m0/s1. The Hall–Kier alpha value is -2.37. The van der Waals surface area contributed by atoms with E-state index in [1.807, 2.05) is 0 Å². The second-order valence-corrected chi connectivity index (χ2v) is 7.02. The van der Waals surface area contributed by atoms with Crippen LogP contribution in [0.25, 0.3) is 0 Å². The van der Waals surface area contributed by atoms with E-state index in [1.54, 1.807) is 0 Å². The van der Waals surface area contributed by atoms with Crippen molar-refractivity contribution < 1.29 is 36.7 Å². The van der Waals surface area contributed by atoms with E-state index in [-0.39, 0.29) is 22.6 Å². The highest BCUT2D eigenvalue weighted by Crippen LogP contribution is 2.18. The second-order valence-electron chi connectivity index (χ2n) is 5.19. The van der Waals surface area contributed by atoms with Gasteiger partial charge in [0.2, 0.25) is 0 Å². The van der Waals surface area contributed by atoms with Gasteiger partial charge in [0, 0.05) is 12.8 Å². The predicted molar refractivity (Wildman–Crippen MR) is 85.8 cm³/mol. The Kier molecular flexibility index (Phi) is 6.40. The van der Waals surface area contributed by atoms with Crippen molar-refractivity contribution in [3.05, 3.63) is 29.8 Å². The summed E-state index contributed by atoms with van der Waals surface area (Å²) in [6, 6.07) is 4.41. The average molecular weight is 407 g/mol. The molecule has 1 heterocycles. The topological polar surface area (TPSA) is 128 Å². The third-order valence-corrected chi connectivity index (χ3v) is 4.60. The van der Waals surface area contributed by atoms with Crippen LogP contribution in [0.2, 0.25) is 0 Å². The number of nitrogens with zero attached hydrogens (tertiary/aromatic N) is 1. The molecule has 142 valence electrons. The number of carbonyl (C=O) groups excluding carboxylic acids is 3. The van der Waals surface area contributed by atoms with Gasteiger partial charge >= 0.3 is 22.2 Å². The van der Waals surface area contributed by atoms with Crippen molar-refractivity contribution in [2.24, 2.45) is 0 Å². The van der Waals surface area contributed by atoms with Gasteiger partial charge in [-0.25, -0.2) is 9.59 Å². The minimum absolute atomic E-state index is 0.0468. The molecule has 26 heavy (non-hydrogen) atoms. The number of halogens is 1. The summed E-state index contributed by atoms with van der Waals surface area (Å²) in [5, 5.41) is 2.30. The highest BCUT2D eigenvalue weighted by Gasteiger charge is 2.30. The summed E-state index contributed by atoms with van der Waals surface area (Å²) in [5.41, 5.74) is 0.358. The largest absolute Gasteiger partial charge is 0.445 e. The van der Waals surface area contributed by atoms with Crippen LogP contribution in [0.15, 0.2) is 29.2 Å². The molecule has 1 N–H and O–H groups in total. The minimum Gasteiger partial charge on any atom is -0.445 e. The summed E-state index contributed by atoms with van der Waals surface area (Å²) in [6.45, 7) is 0.742. The second kappa shape index (κ2) is 8.34. The average Bonchev–Trinajstić information content (AvgIpc) is 2.58. The summed E-state index contributed by atoms with van der Waals surface area (Å²) in [7, 11) is -4.49. The van der Waals surface area contributed by atoms with Crippen molar-refractivity contribution in [3.8, 4) is 0 Å². The van der Waals surface area contributed by atoms with E-state index >= 15 is 0 Å². The first kappa shape index (κ1) is 19.9. The van der Waals surface area contributed by atoms with Crippen LogP contribution in [-0.4, -0.2) is 43.5 Å². The van der Waals surface area contributed by atoms with E-state index in [4.69, 9.17) is 16.3 Å². The Balaban J connectivity index is 2.43. The van der Waals surface area contributed by atoms with E-state index in [9.17, 15) is 22.8 Å². The molecule has 12 heteroatoms. The van der Waals surface area contributed by atoms with Crippen LogP contribution in [0, 0.1) is 0 Å². The Labute approximate surface area is 154 Å². The summed E-state index contributed by atoms with van der Waals surface area (Å²) < 4.78 is 34.3. The van der Waals surface area contributed by atoms with Crippen molar-refractivity contribution >= 4 is 39.7 Å². The molecular formula is C14H15ClN2O8S. The van der Waals surface area contributed by atoms with Crippen molar-refractivity contribution in [2.45, 2.75) is 30.9 Å². The first-order valence-electron chi connectivity index (χ1n) is 7.25. The molecule has 1 aliphatic heterocycles. The van der Waals surface area contributed by atoms with Crippen LogP contribution in [0.5, 0.6) is 0 Å². The van der Waals surface area contributed by atoms with Crippen molar-refractivity contribution in [3.63, 3.8) is 0 Å². The van der Waals surface area contributed by atoms with Gasteiger partial charge < -0.3 is 14.9 Å². The number of hydrogen-bond donors (Lipinski definition) is 1. The maximum absolute atomic E-state index is 12.4. The third kappa shape index (κ3) is 5.31. The summed E-state index contributed by atoms with van der Waals surface area (Å²) in [5.74, 6) is -2.22. The highest BCUT2D eigenvalue weighted by atomic mass is 35.5. The minimum atomic E-state index is -4.49. The monoisotopic (exact) mass is 406 g/mol. The number of ether oxygens (including phenoxy) is 1. The number of cyclic esters (lactones) is 1. The van der Waals surface area contributed by atoms with Crippen LogP contribution in [0.4, 0.5) is 4.79 Å². The molecule has 0 spiro atoms. The number of nitrogens with one attached hydrogen (secondary N) is 1. The number of alkyl halides is 1. The molecular weight excluding hydrogens is 392 g/mol. The van der Waals surface area contributed by atoms with Gasteiger partial charge in [-0.1, -0.05) is 12.1 Å². The predicted octanol–water partition coefficient (Wildman–Crippen LogP) is 0.851. The molecule has 2 amide bonds. The van der Waals surface area contributed by atoms with Gasteiger partial charge in [-0.15, -0.1) is 15.9 Å². The Bertz CT molecular complexity index is 813. The molecule has 0 saturated heterocycles. The first-order valence-corrected chi connectivity index (χ1v) is 9.20. The zero-order valence-electron chi connectivity index (χ0n) is 13.5. The first-order chi connectivity index (χ1) is 12.2. The van der Waals surface area contributed by atoms with Gasteiger partial charge in [-0.05, 0) is 22.9 Å². The van der Waals surface area contributed by atoms with Crippen molar-refractivity contribution in [2.75, 3.05) is 5.88 Å². The molecule has 1 atom stereocenters. The van der Waals surface area contributed by atoms with Crippen LogP contribution in [-0.2, 0) is 40.2 Å². The molecule has 0 saturated carbocycles. The molecule has 2 bridgehead atoms. The number of carbonyl (C=O) groups is 3. The zero-order chi connectivity index (χ0) is 19.3. The van der Waals surface area contributed by atoms with Gasteiger partial charge in [0.25, 0.3) is 5.91 Å². The molecule has 1 aliphatic rings. The SMILES string of the molecule is CC(=O)ON1OS(=O)(=O)c2cccc(c2)COC(=O)N[C@H](CCl)CC1=O. The lowest BCUT2D eigenvalue weighted by Gasteiger charge is -2.21. The molecule has 0 unspecified atom stereocenters. The fourth-order valence-corrected chi connectivity index (χ4v) is 3.04. The number of alkyl carbamates (subject to hydrolysis) is 1. The van der Waals surface area contributed by atoms with Gasteiger partial charge in [-0.2, -0.15) is 8.42 Å². The maximum atomic E-state index is 12.4. The Morgan fingerprint density at radius 2 is 2.15 bits per heavy atom. The summed E-state index contributed by atoms with van der Waals surface area (Å²) in [6.07, 6.45) is -1.35. The quantitative estimate of drug-likeness (QED) is 0.716. The van der Waals surface area contributed by atoms with Crippen LogP contribution in [0.1, 0.15) is 18.9 Å². The molecule has 10 nitrogen and oxygen atoms in total. The molecule has 0 aromatic heterocycles. The third-order valence-electron chi connectivity index (χ3n) is 3.07. The smallest absolute Gasteiger partial charge is 0.407 e. The summed E-state index contributed by atoms with van der Waals surface area (Å²) in [4.78, 5) is 39.4. The van der Waals surface area contributed by atoms with Crippen LogP contribution >= 0.6 is 11.6 Å². The Morgan fingerprint density at radius 1 is 1.42 bits per heavy atom. The normalized spacial score (nSPS) is 20.7. The number of hydroxylamine groups is 2. The molecule has 0 fully saturated rings. The number of benzene rings is 1. The molecule has 0 radical (unpaired) electrons. The van der Waals surface area contributed by atoms with Gasteiger partial charge in [-0.3, -0.25) is 4.79 Å². The van der Waals surface area contributed by atoms with Gasteiger partial charge in [0.1, 0.15) is 6.61 Å². The molecule has 1 aromatic rings. The van der Waals surface area contributed by atoms with Crippen LogP contribution < -0.4 is 5.32 Å².